The van der Waals surface area contributed by atoms with Gasteiger partial charge in [0.1, 0.15) is 5.82 Å². The quantitative estimate of drug-likeness (QED) is 0.925. The minimum absolute atomic E-state index is 0.121. The molecule has 1 fully saturated rings. The maximum Gasteiger partial charge on any atom is 0.253 e. The molecule has 1 aliphatic heterocycles. The number of hydrogen-bond acceptors (Lipinski definition) is 3. The largest absolute Gasteiger partial charge is 0.380 e. The number of amides is 1. The Bertz CT molecular complexity index is 485. The first-order valence-electron chi connectivity index (χ1n) is 7.38. The molecule has 1 aromatic rings. The van der Waals surface area contributed by atoms with Gasteiger partial charge in [0.25, 0.3) is 5.91 Å². The zero-order valence-corrected chi connectivity index (χ0v) is 12.7. The van der Waals surface area contributed by atoms with Crippen LogP contribution in [-0.4, -0.2) is 44.1 Å². The van der Waals surface area contributed by atoms with Crippen molar-refractivity contribution in [2.75, 3.05) is 27.2 Å². The Morgan fingerprint density at radius 2 is 2.24 bits per heavy atom. The average Bonchev–Trinajstić information content (AvgIpc) is 2.77. The lowest BCUT2D eigenvalue weighted by Crippen LogP contribution is -2.37. The van der Waals surface area contributed by atoms with E-state index in [1.54, 1.807) is 24.1 Å². The summed E-state index contributed by atoms with van der Waals surface area (Å²) in [6, 6.07) is 4.82. The molecule has 1 aromatic carbocycles. The molecule has 0 bridgehead atoms. The van der Waals surface area contributed by atoms with Gasteiger partial charge in [-0.3, -0.25) is 4.79 Å². The molecule has 1 unspecified atom stereocenters. The number of ether oxygens (including phenoxy) is 1. The van der Waals surface area contributed by atoms with Gasteiger partial charge in [-0.25, -0.2) is 4.39 Å². The lowest BCUT2D eigenvalue weighted by Gasteiger charge is -2.27. The van der Waals surface area contributed by atoms with E-state index in [4.69, 9.17) is 4.74 Å². The van der Waals surface area contributed by atoms with E-state index in [0.717, 1.165) is 32.4 Å². The summed E-state index contributed by atoms with van der Waals surface area (Å²) in [5, 5.41) is 3.33. The smallest absolute Gasteiger partial charge is 0.253 e. The van der Waals surface area contributed by atoms with E-state index in [-0.39, 0.29) is 18.6 Å². The summed E-state index contributed by atoms with van der Waals surface area (Å²) in [5.74, 6) is -0.511. The van der Waals surface area contributed by atoms with Crippen LogP contribution in [0.5, 0.6) is 0 Å². The van der Waals surface area contributed by atoms with Gasteiger partial charge in [-0.05, 0) is 44.5 Å². The van der Waals surface area contributed by atoms with Crippen LogP contribution >= 0.6 is 0 Å². The second-order valence-corrected chi connectivity index (χ2v) is 5.49. The molecular formula is C16H23FN2O2. The second kappa shape index (κ2) is 7.52. The number of carbonyl (C=O) groups excluding carboxylic acids is 1. The number of rotatable bonds is 4. The third-order valence-corrected chi connectivity index (χ3v) is 4.01. The number of nitrogens with zero attached hydrogens (tertiary/aromatic N) is 1. The minimum atomic E-state index is -0.390. The molecule has 1 amide bonds. The van der Waals surface area contributed by atoms with Crippen molar-refractivity contribution in [3.05, 3.63) is 35.1 Å². The predicted octanol–water partition coefficient (Wildman–Crippen LogP) is 2.19. The van der Waals surface area contributed by atoms with E-state index in [2.05, 4.69) is 5.32 Å². The van der Waals surface area contributed by atoms with E-state index in [1.165, 1.54) is 13.2 Å². The van der Waals surface area contributed by atoms with Crippen LogP contribution in [0.15, 0.2) is 18.2 Å². The summed E-state index contributed by atoms with van der Waals surface area (Å²) >= 11 is 0. The fourth-order valence-corrected chi connectivity index (χ4v) is 2.71. The second-order valence-electron chi connectivity index (χ2n) is 5.49. The third-order valence-electron chi connectivity index (χ3n) is 4.01. The molecule has 1 atom stereocenters. The fourth-order valence-electron chi connectivity index (χ4n) is 2.71. The molecule has 1 saturated heterocycles. The molecule has 116 valence electrons. The van der Waals surface area contributed by atoms with Crippen LogP contribution in [-0.2, 0) is 11.3 Å². The summed E-state index contributed by atoms with van der Waals surface area (Å²) in [6.45, 7) is 2.13. The molecule has 5 heteroatoms. The predicted molar refractivity (Wildman–Crippen MR) is 79.7 cm³/mol. The molecule has 0 radical (unpaired) electrons. The van der Waals surface area contributed by atoms with Crippen LogP contribution < -0.4 is 5.32 Å². The summed E-state index contributed by atoms with van der Waals surface area (Å²) in [4.78, 5) is 14.2. The highest BCUT2D eigenvalue weighted by Gasteiger charge is 2.22. The van der Waals surface area contributed by atoms with Crippen LogP contribution in [0.2, 0.25) is 0 Å². The molecule has 2 rings (SSSR count). The molecule has 0 saturated carbocycles. The van der Waals surface area contributed by atoms with Crippen LogP contribution in [0.3, 0.4) is 0 Å². The highest BCUT2D eigenvalue weighted by atomic mass is 19.1. The van der Waals surface area contributed by atoms with E-state index >= 15 is 0 Å². The zero-order chi connectivity index (χ0) is 15.2. The van der Waals surface area contributed by atoms with Gasteiger partial charge >= 0.3 is 0 Å². The number of halogens is 1. The molecule has 0 aromatic heterocycles. The molecular weight excluding hydrogens is 271 g/mol. The fraction of sp³-hybridized carbons (Fsp3) is 0.562. The number of hydrogen-bond donors (Lipinski definition) is 1. The summed E-state index contributed by atoms with van der Waals surface area (Å²) < 4.78 is 18.8. The third kappa shape index (κ3) is 4.02. The van der Waals surface area contributed by atoms with E-state index in [1.807, 2.05) is 0 Å². The SMILES string of the molecule is COCc1ccc(C(=O)N(C)C2CCCNCC2)cc1F. The summed E-state index contributed by atoms with van der Waals surface area (Å²) in [7, 11) is 3.33. The Kier molecular flexibility index (Phi) is 5.70. The molecule has 1 N–H and O–H groups in total. The number of methoxy groups -OCH3 is 1. The Labute approximate surface area is 125 Å². The van der Waals surface area contributed by atoms with Crippen molar-refractivity contribution in [1.29, 1.82) is 0 Å². The first-order valence-corrected chi connectivity index (χ1v) is 7.38. The van der Waals surface area contributed by atoms with Gasteiger partial charge in [0.15, 0.2) is 0 Å². The first-order chi connectivity index (χ1) is 10.1. The van der Waals surface area contributed by atoms with Gasteiger partial charge in [-0.1, -0.05) is 6.07 Å². The Morgan fingerprint density at radius 1 is 1.43 bits per heavy atom. The van der Waals surface area contributed by atoms with Gasteiger partial charge in [0.05, 0.1) is 6.61 Å². The standard InChI is InChI=1S/C16H23FN2O2/c1-19(14-4-3-8-18-9-7-14)16(20)12-5-6-13(11-21-2)15(17)10-12/h5-6,10,14,18H,3-4,7-9,11H2,1-2H3. The monoisotopic (exact) mass is 294 g/mol. The highest BCUT2D eigenvalue weighted by molar-refractivity contribution is 5.94. The lowest BCUT2D eigenvalue weighted by molar-refractivity contribution is 0.0720. The Morgan fingerprint density at radius 3 is 2.95 bits per heavy atom. The first kappa shape index (κ1) is 15.9. The van der Waals surface area contributed by atoms with Crippen LogP contribution in [0, 0.1) is 5.82 Å². The van der Waals surface area contributed by atoms with Crippen LogP contribution in [0.1, 0.15) is 35.2 Å². The maximum absolute atomic E-state index is 13.9. The van der Waals surface area contributed by atoms with Crippen molar-refractivity contribution in [3.8, 4) is 0 Å². The van der Waals surface area contributed by atoms with Gasteiger partial charge in [-0.2, -0.15) is 0 Å². The molecule has 0 spiro atoms. The Hall–Kier alpha value is -1.46. The minimum Gasteiger partial charge on any atom is -0.380 e. The van der Waals surface area contributed by atoms with Gasteiger partial charge in [0, 0.05) is 31.3 Å². The average molecular weight is 294 g/mol. The van der Waals surface area contributed by atoms with Crippen LogP contribution in [0.25, 0.3) is 0 Å². The van der Waals surface area contributed by atoms with Crippen molar-refractivity contribution in [2.45, 2.75) is 31.9 Å². The van der Waals surface area contributed by atoms with E-state index in [0.29, 0.717) is 11.1 Å². The normalized spacial score (nSPS) is 19.1. The summed E-state index contributed by atoms with van der Waals surface area (Å²) in [5.41, 5.74) is 0.863. The zero-order valence-electron chi connectivity index (χ0n) is 12.7. The number of carbonyl (C=O) groups is 1. The molecule has 21 heavy (non-hydrogen) atoms. The van der Waals surface area contributed by atoms with Gasteiger partial charge < -0.3 is 15.0 Å². The van der Waals surface area contributed by atoms with Crippen molar-refractivity contribution < 1.29 is 13.9 Å². The van der Waals surface area contributed by atoms with E-state index in [9.17, 15) is 9.18 Å². The van der Waals surface area contributed by atoms with E-state index < -0.39 is 5.82 Å². The molecule has 4 nitrogen and oxygen atoms in total. The van der Waals surface area contributed by atoms with Gasteiger partial charge in [0.2, 0.25) is 0 Å². The van der Waals surface area contributed by atoms with Crippen molar-refractivity contribution in [1.82, 2.24) is 10.2 Å². The summed E-state index contributed by atoms with van der Waals surface area (Å²) in [6.07, 6.45) is 2.98. The number of nitrogens with one attached hydrogen (secondary N) is 1. The highest BCUT2D eigenvalue weighted by Crippen LogP contribution is 2.17. The molecule has 1 heterocycles. The van der Waals surface area contributed by atoms with Gasteiger partial charge in [-0.15, -0.1) is 0 Å². The maximum atomic E-state index is 13.9. The molecule has 0 aliphatic carbocycles. The van der Waals surface area contributed by atoms with Crippen molar-refractivity contribution in [3.63, 3.8) is 0 Å². The number of benzene rings is 1. The topological polar surface area (TPSA) is 41.6 Å². The van der Waals surface area contributed by atoms with Crippen molar-refractivity contribution >= 4 is 5.91 Å². The lowest BCUT2D eigenvalue weighted by atomic mass is 10.1. The molecule has 1 aliphatic rings. The van der Waals surface area contributed by atoms with Crippen molar-refractivity contribution in [2.24, 2.45) is 0 Å². The Balaban J connectivity index is 2.09. The van der Waals surface area contributed by atoms with Crippen LogP contribution in [0.4, 0.5) is 4.39 Å².